The van der Waals surface area contributed by atoms with Gasteiger partial charge in [0.25, 0.3) is 5.76 Å². The molecule has 0 aliphatic rings. The Labute approximate surface area is 121 Å². The van der Waals surface area contributed by atoms with Crippen molar-refractivity contribution < 1.29 is 14.1 Å². The number of carbonyl (C=O) groups is 1. The van der Waals surface area contributed by atoms with E-state index in [0.29, 0.717) is 17.5 Å². The second-order valence-electron chi connectivity index (χ2n) is 4.46. The summed E-state index contributed by atoms with van der Waals surface area (Å²) in [7, 11) is 0. The SMILES string of the molecule is CCOC(=O)c1onc2ccc(Nc3ccccc3)cc12. The fourth-order valence-corrected chi connectivity index (χ4v) is 2.05. The number of anilines is 2. The lowest BCUT2D eigenvalue weighted by Gasteiger charge is -2.05. The summed E-state index contributed by atoms with van der Waals surface area (Å²) in [6.07, 6.45) is 0. The Morgan fingerprint density at radius 1 is 1.19 bits per heavy atom. The van der Waals surface area contributed by atoms with E-state index in [1.54, 1.807) is 13.0 Å². The number of esters is 1. The Balaban J connectivity index is 1.95. The van der Waals surface area contributed by atoms with Gasteiger partial charge in [-0.1, -0.05) is 23.4 Å². The van der Waals surface area contributed by atoms with E-state index in [-0.39, 0.29) is 5.76 Å². The van der Waals surface area contributed by atoms with Crippen molar-refractivity contribution in [1.82, 2.24) is 5.16 Å². The Hall–Kier alpha value is -2.82. The first-order chi connectivity index (χ1) is 10.3. The van der Waals surface area contributed by atoms with Crippen molar-refractivity contribution in [1.29, 1.82) is 0 Å². The minimum absolute atomic E-state index is 0.128. The first kappa shape index (κ1) is 13.2. The number of benzene rings is 2. The van der Waals surface area contributed by atoms with E-state index < -0.39 is 5.97 Å². The Kier molecular flexibility index (Phi) is 3.55. The Morgan fingerprint density at radius 3 is 2.76 bits per heavy atom. The number of carbonyl (C=O) groups excluding carboxylic acids is 1. The molecule has 0 saturated heterocycles. The van der Waals surface area contributed by atoms with E-state index >= 15 is 0 Å². The van der Waals surface area contributed by atoms with E-state index in [1.807, 2.05) is 42.5 Å². The highest BCUT2D eigenvalue weighted by Gasteiger charge is 2.18. The van der Waals surface area contributed by atoms with Crippen LogP contribution in [0.3, 0.4) is 0 Å². The molecule has 1 aromatic heterocycles. The molecule has 1 N–H and O–H groups in total. The van der Waals surface area contributed by atoms with Crippen molar-refractivity contribution in [2.45, 2.75) is 6.92 Å². The lowest BCUT2D eigenvalue weighted by atomic mass is 10.2. The zero-order chi connectivity index (χ0) is 14.7. The monoisotopic (exact) mass is 282 g/mol. The van der Waals surface area contributed by atoms with Gasteiger partial charge in [0.1, 0.15) is 5.52 Å². The molecule has 0 atom stereocenters. The molecule has 0 bridgehead atoms. The Morgan fingerprint density at radius 2 is 2.00 bits per heavy atom. The molecule has 5 heteroatoms. The van der Waals surface area contributed by atoms with Gasteiger partial charge in [0.2, 0.25) is 0 Å². The zero-order valence-electron chi connectivity index (χ0n) is 11.5. The maximum absolute atomic E-state index is 11.8. The van der Waals surface area contributed by atoms with Gasteiger partial charge in [0.05, 0.1) is 12.0 Å². The highest BCUT2D eigenvalue weighted by Crippen LogP contribution is 2.25. The minimum atomic E-state index is -0.503. The summed E-state index contributed by atoms with van der Waals surface area (Å²) in [4.78, 5) is 11.8. The number of nitrogens with one attached hydrogen (secondary N) is 1. The number of ether oxygens (including phenoxy) is 1. The van der Waals surface area contributed by atoms with Crippen LogP contribution in [-0.2, 0) is 4.74 Å². The summed E-state index contributed by atoms with van der Waals surface area (Å²) < 4.78 is 10.0. The second kappa shape index (κ2) is 5.66. The van der Waals surface area contributed by atoms with Crippen molar-refractivity contribution in [3.8, 4) is 0 Å². The minimum Gasteiger partial charge on any atom is -0.460 e. The third kappa shape index (κ3) is 2.72. The molecule has 0 saturated carbocycles. The van der Waals surface area contributed by atoms with E-state index in [2.05, 4.69) is 10.5 Å². The number of aromatic nitrogens is 1. The number of fused-ring (bicyclic) bond motifs is 1. The third-order valence-electron chi connectivity index (χ3n) is 3.00. The first-order valence-corrected chi connectivity index (χ1v) is 6.66. The fourth-order valence-electron chi connectivity index (χ4n) is 2.05. The second-order valence-corrected chi connectivity index (χ2v) is 4.46. The van der Waals surface area contributed by atoms with Gasteiger partial charge in [0, 0.05) is 11.4 Å². The van der Waals surface area contributed by atoms with Crippen LogP contribution in [0.2, 0.25) is 0 Å². The van der Waals surface area contributed by atoms with Gasteiger partial charge in [-0.25, -0.2) is 4.79 Å². The molecule has 0 radical (unpaired) electrons. The van der Waals surface area contributed by atoms with Gasteiger partial charge >= 0.3 is 5.97 Å². The van der Waals surface area contributed by atoms with Crippen molar-refractivity contribution in [3.05, 3.63) is 54.3 Å². The number of hydrogen-bond acceptors (Lipinski definition) is 5. The molecular weight excluding hydrogens is 268 g/mol. The summed E-state index contributed by atoms with van der Waals surface area (Å²) in [6.45, 7) is 2.04. The summed E-state index contributed by atoms with van der Waals surface area (Å²) in [5, 5.41) is 7.76. The topological polar surface area (TPSA) is 64.4 Å². The predicted octanol–water partition coefficient (Wildman–Crippen LogP) is 3.75. The van der Waals surface area contributed by atoms with Crippen molar-refractivity contribution in [2.75, 3.05) is 11.9 Å². The highest BCUT2D eigenvalue weighted by molar-refractivity contribution is 6.01. The summed E-state index contributed by atoms with van der Waals surface area (Å²) in [5.41, 5.74) is 2.44. The van der Waals surface area contributed by atoms with Gasteiger partial charge < -0.3 is 14.6 Å². The van der Waals surface area contributed by atoms with Crippen LogP contribution >= 0.6 is 0 Å². The van der Waals surface area contributed by atoms with Crippen LogP contribution in [0.4, 0.5) is 11.4 Å². The molecule has 0 fully saturated rings. The number of nitrogens with zero attached hydrogens (tertiary/aromatic N) is 1. The average molecular weight is 282 g/mol. The van der Waals surface area contributed by atoms with E-state index in [4.69, 9.17) is 9.26 Å². The summed E-state index contributed by atoms with van der Waals surface area (Å²) >= 11 is 0. The molecule has 0 aliphatic heterocycles. The summed E-state index contributed by atoms with van der Waals surface area (Å²) in [5.74, 6) is -0.375. The third-order valence-corrected chi connectivity index (χ3v) is 3.00. The van der Waals surface area contributed by atoms with Gasteiger partial charge in [-0.05, 0) is 37.3 Å². The van der Waals surface area contributed by atoms with Crippen molar-refractivity contribution in [2.24, 2.45) is 0 Å². The van der Waals surface area contributed by atoms with Crippen LogP contribution < -0.4 is 5.32 Å². The molecule has 3 aromatic rings. The average Bonchev–Trinajstić information content (AvgIpc) is 2.92. The lowest BCUT2D eigenvalue weighted by Crippen LogP contribution is -2.03. The largest absolute Gasteiger partial charge is 0.460 e. The smallest absolute Gasteiger partial charge is 0.377 e. The maximum Gasteiger partial charge on any atom is 0.377 e. The summed E-state index contributed by atoms with van der Waals surface area (Å²) in [6, 6.07) is 15.3. The van der Waals surface area contributed by atoms with Gasteiger partial charge in [-0.2, -0.15) is 0 Å². The van der Waals surface area contributed by atoms with Crippen molar-refractivity contribution >= 4 is 28.2 Å². The molecule has 0 amide bonds. The molecular formula is C16H14N2O3. The Bertz CT molecular complexity index is 766. The molecule has 0 aliphatic carbocycles. The van der Waals surface area contributed by atoms with E-state index in [1.165, 1.54) is 0 Å². The quantitative estimate of drug-likeness (QED) is 0.738. The standard InChI is InChI=1S/C16H14N2O3/c1-2-20-16(19)15-13-10-12(8-9-14(13)18-21-15)17-11-6-4-3-5-7-11/h3-10,17H,2H2,1H3. The zero-order valence-corrected chi connectivity index (χ0v) is 11.5. The molecule has 3 rings (SSSR count). The lowest BCUT2D eigenvalue weighted by molar-refractivity contribution is 0.0483. The number of hydrogen-bond donors (Lipinski definition) is 1. The van der Waals surface area contributed by atoms with E-state index in [9.17, 15) is 4.79 Å². The first-order valence-electron chi connectivity index (χ1n) is 6.66. The molecule has 0 spiro atoms. The van der Waals surface area contributed by atoms with Crippen LogP contribution in [0.25, 0.3) is 10.9 Å². The molecule has 2 aromatic carbocycles. The molecule has 5 nitrogen and oxygen atoms in total. The fraction of sp³-hybridized carbons (Fsp3) is 0.125. The molecule has 106 valence electrons. The van der Waals surface area contributed by atoms with Crippen LogP contribution in [0.5, 0.6) is 0 Å². The molecule has 1 heterocycles. The number of rotatable bonds is 4. The molecule has 0 unspecified atom stereocenters. The van der Waals surface area contributed by atoms with E-state index in [0.717, 1.165) is 11.4 Å². The predicted molar refractivity (Wildman–Crippen MR) is 79.7 cm³/mol. The van der Waals surface area contributed by atoms with Crippen LogP contribution in [0.15, 0.2) is 53.1 Å². The van der Waals surface area contributed by atoms with Crippen LogP contribution in [-0.4, -0.2) is 17.7 Å². The van der Waals surface area contributed by atoms with Gasteiger partial charge in [-0.15, -0.1) is 0 Å². The van der Waals surface area contributed by atoms with Crippen molar-refractivity contribution in [3.63, 3.8) is 0 Å². The van der Waals surface area contributed by atoms with Crippen LogP contribution in [0, 0.1) is 0 Å². The van der Waals surface area contributed by atoms with Gasteiger partial charge in [0.15, 0.2) is 0 Å². The normalized spacial score (nSPS) is 10.5. The molecule has 21 heavy (non-hydrogen) atoms. The number of para-hydroxylation sites is 1. The van der Waals surface area contributed by atoms with Crippen LogP contribution in [0.1, 0.15) is 17.5 Å². The van der Waals surface area contributed by atoms with Gasteiger partial charge in [-0.3, -0.25) is 0 Å². The maximum atomic E-state index is 11.8. The highest BCUT2D eigenvalue weighted by atomic mass is 16.6.